The number of halogens is 1. The zero-order valence-corrected chi connectivity index (χ0v) is 15.7. The summed E-state index contributed by atoms with van der Waals surface area (Å²) in [5, 5.41) is 2.97. The van der Waals surface area contributed by atoms with Gasteiger partial charge in [-0.15, -0.1) is 0 Å². The maximum Gasteiger partial charge on any atom is 0.228 e. The lowest BCUT2D eigenvalue weighted by molar-refractivity contribution is 0.0299. The van der Waals surface area contributed by atoms with E-state index < -0.39 is 0 Å². The van der Waals surface area contributed by atoms with E-state index in [0.717, 1.165) is 31.4 Å². The zero-order chi connectivity index (χ0) is 17.7. The van der Waals surface area contributed by atoms with Gasteiger partial charge < -0.3 is 19.9 Å². The molecule has 2 aliphatic heterocycles. The number of nitrogens with zero attached hydrogens (tertiary/aromatic N) is 6. The van der Waals surface area contributed by atoms with Gasteiger partial charge in [-0.3, -0.25) is 0 Å². The number of H-pyrrole nitrogens is 1. The molecule has 2 aliphatic rings. The molecule has 2 fully saturated rings. The van der Waals surface area contributed by atoms with Crippen molar-refractivity contribution >= 4 is 38.9 Å². The van der Waals surface area contributed by atoms with Crippen molar-refractivity contribution in [2.45, 2.75) is 25.0 Å². The number of morpholine rings is 1. The van der Waals surface area contributed by atoms with Crippen molar-refractivity contribution in [2.75, 3.05) is 30.4 Å². The summed E-state index contributed by atoms with van der Waals surface area (Å²) < 4.78 is 6.54. The number of rotatable bonds is 3. The summed E-state index contributed by atoms with van der Waals surface area (Å²) in [5.74, 6) is 1.36. The molecule has 0 radical (unpaired) electrons. The van der Waals surface area contributed by atoms with Crippen molar-refractivity contribution in [3.05, 3.63) is 17.1 Å². The van der Waals surface area contributed by atoms with Gasteiger partial charge in [-0.2, -0.15) is 4.98 Å². The van der Waals surface area contributed by atoms with Crippen LogP contribution in [0.2, 0.25) is 0 Å². The molecule has 0 aliphatic carbocycles. The molecule has 2 N–H and O–H groups in total. The van der Waals surface area contributed by atoms with Gasteiger partial charge in [-0.25, -0.2) is 19.9 Å². The average molecular weight is 417 g/mol. The summed E-state index contributed by atoms with van der Waals surface area (Å²) in [5.41, 5.74) is 2.71. The molecule has 3 aromatic rings. The van der Waals surface area contributed by atoms with Crippen LogP contribution in [0, 0.1) is 0 Å². The van der Waals surface area contributed by atoms with Gasteiger partial charge in [0.2, 0.25) is 5.95 Å². The lowest BCUT2D eigenvalue weighted by Crippen LogP contribution is -2.43. The fraction of sp³-hybridized carbons (Fsp3) is 0.438. The van der Waals surface area contributed by atoms with Crippen LogP contribution in [-0.4, -0.2) is 62.2 Å². The number of ether oxygens (including phenoxy) is 1. The molecule has 134 valence electrons. The van der Waals surface area contributed by atoms with Gasteiger partial charge in [0.05, 0.1) is 24.6 Å². The van der Waals surface area contributed by atoms with Crippen LogP contribution in [-0.2, 0) is 4.74 Å². The van der Waals surface area contributed by atoms with E-state index in [4.69, 9.17) is 9.72 Å². The molecule has 2 bridgehead atoms. The van der Waals surface area contributed by atoms with Crippen LogP contribution < -0.4 is 10.2 Å². The molecule has 0 spiro atoms. The van der Waals surface area contributed by atoms with E-state index >= 15 is 0 Å². The number of hydrogen-bond acceptors (Lipinski definition) is 8. The molecule has 26 heavy (non-hydrogen) atoms. The van der Waals surface area contributed by atoms with Gasteiger partial charge in [0.25, 0.3) is 0 Å². The first kappa shape index (κ1) is 15.9. The number of aromatic nitrogens is 6. The summed E-state index contributed by atoms with van der Waals surface area (Å²) in [4.78, 5) is 28.1. The third-order valence-corrected chi connectivity index (χ3v) is 5.16. The second kappa shape index (κ2) is 6.13. The van der Waals surface area contributed by atoms with E-state index in [-0.39, 0.29) is 12.2 Å². The van der Waals surface area contributed by atoms with Crippen LogP contribution in [0.3, 0.4) is 0 Å². The molecule has 2 saturated heterocycles. The Balaban J connectivity index is 1.61. The summed E-state index contributed by atoms with van der Waals surface area (Å²) >= 11 is 3.39. The van der Waals surface area contributed by atoms with Crippen LogP contribution in [0.15, 0.2) is 17.1 Å². The highest BCUT2D eigenvalue weighted by atomic mass is 79.9. The summed E-state index contributed by atoms with van der Waals surface area (Å²) in [6, 6.07) is 0. The molecule has 0 aromatic carbocycles. The molecular formula is C16H17BrN8O. The van der Waals surface area contributed by atoms with Crippen molar-refractivity contribution in [3.8, 4) is 11.4 Å². The van der Waals surface area contributed by atoms with E-state index in [2.05, 4.69) is 51.1 Å². The molecule has 3 aromatic heterocycles. The first-order valence-corrected chi connectivity index (χ1v) is 9.33. The van der Waals surface area contributed by atoms with Gasteiger partial charge in [0.15, 0.2) is 10.4 Å². The first-order valence-electron chi connectivity index (χ1n) is 8.53. The van der Waals surface area contributed by atoms with Crippen molar-refractivity contribution in [2.24, 2.45) is 0 Å². The monoisotopic (exact) mass is 416 g/mol. The van der Waals surface area contributed by atoms with Gasteiger partial charge in [0, 0.05) is 20.1 Å². The number of nitrogens with one attached hydrogen (secondary N) is 2. The average Bonchev–Trinajstić information content (AvgIpc) is 3.21. The molecule has 2 unspecified atom stereocenters. The van der Waals surface area contributed by atoms with Crippen LogP contribution in [0.4, 0.5) is 11.8 Å². The topological polar surface area (TPSA) is 105 Å². The van der Waals surface area contributed by atoms with E-state index in [1.165, 1.54) is 0 Å². The van der Waals surface area contributed by atoms with E-state index in [9.17, 15) is 0 Å². The van der Waals surface area contributed by atoms with Crippen LogP contribution in [0.25, 0.3) is 22.6 Å². The van der Waals surface area contributed by atoms with Crippen molar-refractivity contribution in [3.63, 3.8) is 0 Å². The van der Waals surface area contributed by atoms with E-state index in [0.29, 0.717) is 33.5 Å². The quantitative estimate of drug-likeness (QED) is 0.624. The first-order chi connectivity index (χ1) is 12.7. The second-order valence-electron chi connectivity index (χ2n) is 6.50. The predicted octanol–water partition coefficient (Wildman–Crippen LogP) is 1.98. The maximum absolute atomic E-state index is 5.93. The number of aromatic amines is 1. The maximum atomic E-state index is 5.93. The standard InChI is InChI=1S/C16H17BrN8O/c1-18-11-5-19-10(4-20-11)12-13-14(23-15(17)21-13)24-16(22-12)25-6-8-2-3-9(7-25)26-8/h4-5,8-9H,2-3,6-7H2,1H3,(H,18,20)(H,21,22,23,24). The molecule has 10 heteroatoms. The van der Waals surface area contributed by atoms with Crippen molar-refractivity contribution in [1.82, 2.24) is 29.9 Å². The number of fused-ring (bicyclic) bond motifs is 3. The van der Waals surface area contributed by atoms with Crippen LogP contribution in [0.5, 0.6) is 0 Å². The highest BCUT2D eigenvalue weighted by molar-refractivity contribution is 9.10. The normalized spacial score (nSPS) is 22.2. The van der Waals surface area contributed by atoms with Gasteiger partial charge in [-0.1, -0.05) is 0 Å². The fourth-order valence-electron chi connectivity index (χ4n) is 3.54. The Morgan fingerprint density at radius 1 is 1.15 bits per heavy atom. The Morgan fingerprint density at radius 3 is 2.65 bits per heavy atom. The molecule has 5 rings (SSSR count). The lowest BCUT2D eigenvalue weighted by atomic mass is 10.2. The van der Waals surface area contributed by atoms with Gasteiger partial charge >= 0.3 is 0 Å². The molecular weight excluding hydrogens is 400 g/mol. The minimum absolute atomic E-state index is 0.261. The molecule has 0 amide bonds. The summed E-state index contributed by atoms with van der Waals surface area (Å²) in [6.07, 6.45) is 6.11. The summed E-state index contributed by atoms with van der Waals surface area (Å²) in [6.45, 7) is 1.61. The van der Waals surface area contributed by atoms with Crippen LogP contribution in [0.1, 0.15) is 12.8 Å². The second-order valence-corrected chi connectivity index (χ2v) is 7.25. The number of imidazole rings is 1. The SMILES string of the molecule is CNc1cnc(-c2nc(N3CC4CCC(C3)O4)nc3nc(Br)[nH]c23)cn1. The highest BCUT2D eigenvalue weighted by Crippen LogP contribution is 2.31. The van der Waals surface area contributed by atoms with Crippen molar-refractivity contribution < 1.29 is 4.74 Å². The minimum Gasteiger partial charge on any atom is -0.372 e. The smallest absolute Gasteiger partial charge is 0.228 e. The number of hydrogen-bond donors (Lipinski definition) is 2. The Bertz CT molecular complexity index is 947. The van der Waals surface area contributed by atoms with E-state index in [1.807, 2.05) is 7.05 Å². The Hall–Kier alpha value is -2.33. The van der Waals surface area contributed by atoms with Gasteiger partial charge in [-0.05, 0) is 28.8 Å². The molecule has 5 heterocycles. The van der Waals surface area contributed by atoms with Crippen molar-refractivity contribution in [1.29, 1.82) is 0 Å². The van der Waals surface area contributed by atoms with E-state index in [1.54, 1.807) is 12.4 Å². The third kappa shape index (κ3) is 2.69. The molecule has 9 nitrogen and oxygen atoms in total. The molecule has 2 atom stereocenters. The molecule has 0 saturated carbocycles. The zero-order valence-electron chi connectivity index (χ0n) is 14.1. The minimum atomic E-state index is 0.261. The predicted molar refractivity (Wildman–Crippen MR) is 100 cm³/mol. The Morgan fingerprint density at radius 2 is 1.96 bits per heavy atom. The number of anilines is 2. The third-order valence-electron chi connectivity index (χ3n) is 4.79. The lowest BCUT2D eigenvalue weighted by Gasteiger charge is -2.32. The fourth-order valence-corrected chi connectivity index (χ4v) is 3.91. The van der Waals surface area contributed by atoms with Crippen LogP contribution >= 0.6 is 15.9 Å². The largest absolute Gasteiger partial charge is 0.372 e. The highest BCUT2D eigenvalue weighted by Gasteiger charge is 2.35. The van der Waals surface area contributed by atoms with Gasteiger partial charge in [0.1, 0.15) is 22.7 Å². The Kier molecular flexibility index (Phi) is 3.75. The summed E-state index contributed by atoms with van der Waals surface area (Å²) in [7, 11) is 1.81. The Labute approximate surface area is 157 Å².